The number of H-pyrrole nitrogens is 1. The van der Waals surface area contributed by atoms with Crippen LogP contribution in [0.1, 0.15) is 36.1 Å². The van der Waals surface area contributed by atoms with Crippen LogP contribution < -0.4 is 20.5 Å². The zero-order valence-electron chi connectivity index (χ0n) is 19.9. The third-order valence-corrected chi connectivity index (χ3v) is 7.63. The normalized spacial score (nSPS) is 14.5. The van der Waals surface area contributed by atoms with Crippen LogP contribution in [0.5, 0.6) is 5.75 Å². The van der Waals surface area contributed by atoms with Crippen LogP contribution >= 0.6 is 0 Å². The third kappa shape index (κ3) is 5.68. The number of rotatable bonds is 11. The Bertz CT molecular complexity index is 1520. The van der Waals surface area contributed by atoms with E-state index in [9.17, 15) is 17.9 Å². The number of ether oxygens (including phenoxy) is 1. The van der Waals surface area contributed by atoms with Crippen LogP contribution in [-0.4, -0.2) is 43.4 Å². The second kappa shape index (κ2) is 10.4. The van der Waals surface area contributed by atoms with Crippen LogP contribution in [0.25, 0.3) is 10.9 Å². The Kier molecular flexibility index (Phi) is 7.00. The van der Waals surface area contributed by atoms with Crippen LogP contribution in [0, 0.1) is 5.82 Å². The summed E-state index contributed by atoms with van der Waals surface area (Å²) in [5.41, 5.74) is 8.01. The Morgan fingerprint density at radius 1 is 1.16 bits per heavy atom. The number of benzene rings is 3. The average Bonchev–Trinajstić information content (AvgIpc) is 3.64. The van der Waals surface area contributed by atoms with Crippen molar-refractivity contribution in [3.8, 4) is 5.75 Å². The van der Waals surface area contributed by atoms with Crippen LogP contribution in [0.2, 0.25) is 0 Å². The standard InChI is InChI=1S/C26H28FN5O4S/c27-25-21(28)5-2-6-24(25)37(34,35)32-18-4-1-3-17(13-18)23(33)15-29-11-12-36-19-9-10-20-22(14-19)30-31-26(20)16-7-8-16/h1-6,9-10,13-14,16,23,29,32-33H,7-8,11-12,15,28H2,(H,30,31)/t23-/m0/s1. The fourth-order valence-electron chi connectivity index (χ4n) is 4.14. The maximum absolute atomic E-state index is 14.2. The molecule has 11 heteroatoms. The number of hydrogen-bond donors (Lipinski definition) is 5. The van der Waals surface area contributed by atoms with Gasteiger partial charge in [-0.15, -0.1) is 0 Å². The van der Waals surface area contributed by atoms with Gasteiger partial charge >= 0.3 is 0 Å². The molecule has 0 aliphatic heterocycles. The highest BCUT2D eigenvalue weighted by molar-refractivity contribution is 7.92. The summed E-state index contributed by atoms with van der Waals surface area (Å²) >= 11 is 0. The summed E-state index contributed by atoms with van der Waals surface area (Å²) in [6.45, 7) is 1.11. The zero-order valence-corrected chi connectivity index (χ0v) is 20.8. The van der Waals surface area contributed by atoms with Crippen molar-refractivity contribution in [2.45, 2.75) is 29.8 Å². The van der Waals surface area contributed by atoms with E-state index in [0.29, 0.717) is 24.6 Å². The number of sulfonamides is 1. The lowest BCUT2D eigenvalue weighted by Crippen LogP contribution is -2.26. The molecule has 6 N–H and O–H groups in total. The minimum absolute atomic E-state index is 0.195. The number of hydrogen-bond acceptors (Lipinski definition) is 7. The van der Waals surface area contributed by atoms with Crippen molar-refractivity contribution < 1.29 is 22.7 Å². The van der Waals surface area contributed by atoms with Gasteiger partial charge in [0.2, 0.25) is 0 Å². The molecule has 4 aromatic rings. The molecule has 0 unspecified atom stereocenters. The van der Waals surface area contributed by atoms with Gasteiger partial charge in [-0.3, -0.25) is 9.82 Å². The van der Waals surface area contributed by atoms with Crippen molar-refractivity contribution in [3.05, 3.63) is 77.7 Å². The number of aliphatic hydroxyl groups is 1. The number of nitrogens with zero attached hydrogens (tertiary/aromatic N) is 1. The number of aromatic amines is 1. The Balaban J connectivity index is 1.12. The highest BCUT2D eigenvalue weighted by atomic mass is 32.2. The summed E-state index contributed by atoms with van der Waals surface area (Å²) in [5.74, 6) is 0.310. The monoisotopic (exact) mass is 525 g/mol. The predicted octanol–water partition coefficient (Wildman–Crippen LogP) is 3.66. The second-order valence-electron chi connectivity index (χ2n) is 9.05. The topological polar surface area (TPSA) is 142 Å². The van der Waals surface area contributed by atoms with Gasteiger partial charge in [-0.25, -0.2) is 12.8 Å². The molecule has 5 rings (SSSR count). The average molecular weight is 526 g/mol. The minimum atomic E-state index is -4.20. The lowest BCUT2D eigenvalue weighted by Gasteiger charge is -2.15. The summed E-state index contributed by atoms with van der Waals surface area (Å²) in [6, 6.07) is 16.0. The lowest BCUT2D eigenvalue weighted by atomic mass is 10.1. The van der Waals surface area contributed by atoms with E-state index < -0.39 is 26.8 Å². The number of aliphatic hydroxyl groups excluding tert-OH is 1. The molecule has 0 radical (unpaired) electrons. The van der Waals surface area contributed by atoms with Crippen molar-refractivity contribution in [2.24, 2.45) is 0 Å². The van der Waals surface area contributed by atoms with Gasteiger partial charge in [0.15, 0.2) is 5.82 Å². The number of aromatic nitrogens is 2. The van der Waals surface area contributed by atoms with E-state index in [0.717, 1.165) is 22.7 Å². The number of nitrogen functional groups attached to an aromatic ring is 1. The maximum atomic E-state index is 14.2. The molecule has 1 aromatic heterocycles. The molecule has 9 nitrogen and oxygen atoms in total. The van der Waals surface area contributed by atoms with Gasteiger partial charge in [0.05, 0.1) is 17.3 Å². The van der Waals surface area contributed by atoms with Crippen molar-refractivity contribution in [1.29, 1.82) is 0 Å². The Morgan fingerprint density at radius 2 is 1.97 bits per heavy atom. The first-order valence-corrected chi connectivity index (χ1v) is 13.5. The maximum Gasteiger partial charge on any atom is 0.264 e. The van der Waals surface area contributed by atoms with E-state index in [1.54, 1.807) is 12.1 Å². The molecular weight excluding hydrogens is 497 g/mol. The van der Waals surface area contributed by atoms with Gasteiger partial charge in [-0.1, -0.05) is 18.2 Å². The summed E-state index contributed by atoms with van der Waals surface area (Å²) < 4.78 is 47.6. The highest BCUT2D eigenvalue weighted by Crippen LogP contribution is 2.42. The molecule has 1 fully saturated rings. The van der Waals surface area contributed by atoms with E-state index in [1.807, 2.05) is 18.2 Å². The van der Waals surface area contributed by atoms with Gasteiger partial charge in [-0.2, -0.15) is 5.10 Å². The fourth-order valence-corrected chi connectivity index (χ4v) is 5.30. The first-order valence-electron chi connectivity index (χ1n) is 12.0. The van der Waals surface area contributed by atoms with Crippen LogP contribution in [0.15, 0.2) is 65.6 Å². The second-order valence-corrected chi connectivity index (χ2v) is 10.7. The molecule has 1 heterocycles. The molecule has 1 atom stereocenters. The SMILES string of the molecule is Nc1cccc(S(=O)(=O)Nc2cccc([C@@H](O)CNCCOc3ccc4c(C5CC5)[nH]nc4c3)c2)c1F. The largest absolute Gasteiger partial charge is 0.492 e. The number of halogens is 1. The molecular formula is C26H28FN5O4S. The summed E-state index contributed by atoms with van der Waals surface area (Å²) in [6.07, 6.45) is 1.52. The van der Waals surface area contributed by atoms with Crippen molar-refractivity contribution in [3.63, 3.8) is 0 Å². The Morgan fingerprint density at radius 3 is 2.78 bits per heavy atom. The molecule has 37 heavy (non-hydrogen) atoms. The quantitative estimate of drug-likeness (QED) is 0.149. The van der Waals surface area contributed by atoms with Gasteiger partial charge < -0.3 is 20.9 Å². The summed E-state index contributed by atoms with van der Waals surface area (Å²) in [7, 11) is -4.20. The highest BCUT2D eigenvalue weighted by Gasteiger charge is 2.27. The molecule has 0 amide bonds. The van der Waals surface area contributed by atoms with Crippen molar-refractivity contribution >= 4 is 32.3 Å². The van der Waals surface area contributed by atoms with Crippen LogP contribution in [0.4, 0.5) is 15.8 Å². The van der Waals surface area contributed by atoms with Crippen molar-refractivity contribution in [2.75, 3.05) is 30.2 Å². The van der Waals surface area contributed by atoms with Crippen molar-refractivity contribution in [1.82, 2.24) is 15.5 Å². The smallest absolute Gasteiger partial charge is 0.264 e. The van der Waals surface area contributed by atoms with Gasteiger partial charge in [0.1, 0.15) is 17.3 Å². The van der Waals surface area contributed by atoms with Crippen LogP contribution in [0.3, 0.4) is 0 Å². The molecule has 1 aliphatic rings. The number of nitrogens with two attached hydrogens (primary N) is 1. The summed E-state index contributed by atoms with van der Waals surface area (Å²) in [5, 5.41) is 22.3. The number of nitrogens with one attached hydrogen (secondary N) is 3. The third-order valence-electron chi connectivity index (χ3n) is 6.23. The van der Waals surface area contributed by atoms with Gasteiger partial charge in [-0.05, 0) is 54.8 Å². The molecule has 1 aliphatic carbocycles. The van der Waals surface area contributed by atoms with Gasteiger partial charge in [0, 0.05) is 41.8 Å². The summed E-state index contributed by atoms with van der Waals surface area (Å²) in [4.78, 5) is -0.546. The predicted molar refractivity (Wildman–Crippen MR) is 139 cm³/mol. The molecule has 0 spiro atoms. The zero-order chi connectivity index (χ0) is 26.0. The van der Waals surface area contributed by atoms with Crippen LogP contribution in [-0.2, 0) is 10.0 Å². The molecule has 0 saturated heterocycles. The van der Waals surface area contributed by atoms with E-state index in [4.69, 9.17) is 10.5 Å². The van der Waals surface area contributed by atoms with E-state index in [1.165, 1.54) is 42.8 Å². The molecule has 0 bridgehead atoms. The molecule has 3 aromatic carbocycles. The Hall–Kier alpha value is -3.67. The lowest BCUT2D eigenvalue weighted by molar-refractivity contribution is 0.172. The van der Waals surface area contributed by atoms with E-state index in [-0.39, 0.29) is 17.9 Å². The van der Waals surface area contributed by atoms with E-state index >= 15 is 0 Å². The van der Waals surface area contributed by atoms with Gasteiger partial charge in [0.25, 0.3) is 10.0 Å². The molecule has 194 valence electrons. The number of anilines is 2. The number of fused-ring (bicyclic) bond motifs is 1. The Labute approximate surface area is 213 Å². The fraction of sp³-hybridized carbons (Fsp3) is 0.269. The first-order chi connectivity index (χ1) is 17.8. The molecule has 1 saturated carbocycles. The minimum Gasteiger partial charge on any atom is -0.492 e. The first kappa shape index (κ1) is 25.0. The van der Waals surface area contributed by atoms with E-state index in [2.05, 4.69) is 20.2 Å².